The second kappa shape index (κ2) is 10.5. The highest BCUT2D eigenvalue weighted by Gasteiger charge is 2.24. The standard InChI is InChI=1S/C24H22ClN3O4S2/c1-32-20-10-9-19(25)23-22(20)27-24(33-23)28(15-18-8-5-12-26-14-18)21(29)11-13-34(30,31)16-17-6-3-2-4-7-17/h2-10,12,14H,11,13,15-16H2,1H3. The molecule has 4 rings (SSSR count). The van der Waals surface area contributed by atoms with Crippen molar-refractivity contribution in [3.63, 3.8) is 0 Å². The van der Waals surface area contributed by atoms with Crippen LogP contribution in [-0.2, 0) is 26.9 Å². The first-order chi connectivity index (χ1) is 16.4. The summed E-state index contributed by atoms with van der Waals surface area (Å²) in [4.78, 5) is 23.5. The van der Waals surface area contributed by atoms with E-state index in [0.717, 1.165) is 5.56 Å². The van der Waals surface area contributed by atoms with E-state index in [-0.39, 0.29) is 30.4 Å². The Morgan fingerprint density at radius 1 is 1.09 bits per heavy atom. The Balaban J connectivity index is 1.60. The van der Waals surface area contributed by atoms with E-state index < -0.39 is 9.84 Å². The zero-order valence-electron chi connectivity index (χ0n) is 18.3. The molecular formula is C24H22ClN3O4S2. The van der Waals surface area contributed by atoms with E-state index in [1.807, 2.05) is 12.1 Å². The van der Waals surface area contributed by atoms with Crippen LogP contribution in [0.25, 0.3) is 10.2 Å². The number of carbonyl (C=O) groups is 1. The van der Waals surface area contributed by atoms with E-state index >= 15 is 0 Å². The average Bonchev–Trinajstić information content (AvgIpc) is 3.28. The molecule has 1 amide bonds. The van der Waals surface area contributed by atoms with Gasteiger partial charge in [-0.3, -0.25) is 14.7 Å². The van der Waals surface area contributed by atoms with Crippen LogP contribution in [0.15, 0.2) is 67.0 Å². The number of aromatic nitrogens is 2. The first-order valence-electron chi connectivity index (χ1n) is 10.4. The van der Waals surface area contributed by atoms with Gasteiger partial charge < -0.3 is 4.74 Å². The van der Waals surface area contributed by atoms with Crippen LogP contribution >= 0.6 is 22.9 Å². The minimum atomic E-state index is -3.48. The number of halogens is 1. The molecule has 176 valence electrons. The maximum atomic E-state index is 13.3. The lowest BCUT2D eigenvalue weighted by Crippen LogP contribution is -2.32. The molecule has 0 saturated carbocycles. The number of hydrogen-bond donors (Lipinski definition) is 0. The molecule has 0 spiro atoms. The Morgan fingerprint density at radius 3 is 2.56 bits per heavy atom. The summed E-state index contributed by atoms with van der Waals surface area (Å²) >= 11 is 7.62. The van der Waals surface area contributed by atoms with Gasteiger partial charge >= 0.3 is 0 Å². The maximum Gasteiger partial charge on any atom is 0.230 e. The summed E-state index contributed by atoms with van der Waals surface area (Å²) in [7, 11) is -1.94. The predicted molar refractivity (Wildman–Crippen MR) is 135 cm³/mol. The summed E-state index contributed by atoms with van der Waals surface area (Å²) in [5.74, 6) is -0.188. The second-order valence-electron chi connectivity index (χ2n) is 7.59. The third-order valence-corrected chi connectivity index (χ3v) is 8.26. The van der Waals surface area contributed by atoms with Gasteiger partial charge in [-0.1, -0.05) is 59.3 Å². The third kappa shape index (κ3) is 5.72. The first-order valence-corrected chi connectivity index (χ1v) is 13.4. The summed E-state index contributed by atoms with van der Waals surface area (Å²) in [5.41, 5.74) is 2.03. The van der Waals surface area contributed by atoms with Gasteiger partial charge in [0.15, 0.2) is 15.0 Å². The number of benzene rings is 2. The molecular weight excluding hydrogens is 494 g/mol. The molecule has 2 heterocycles. The molecule has 0 atom stereocenters. The van der Waals surface area contributed by atoms with Gasteiger partial charge in [0.1, 0.15) is 11.3 Å². The number of methoxy groups -OCH3 is 1. The number of pyridine rings is 1. The van der Waals surface area contributed by atoms with E-state index in [0.29, 0.717) is 31.7 Å². The fourth-order valence-electron chi connectivity index (χ4n) is 3.44. The molecule has 34 heavy (non-hydrogen) atoms. The van der Waals surface area contributed by atoms with E-state index in [1.165, 1.54) is 23.3 Å². The van der Waals surface area contributed by atoms with Crippen LogP contribution < -0.4 is 9.64 Å². The monoisotopic (exact) mass is 515 g/mol. The number of ether oxygens (including phenoxy) is 1. The zero-order chi connectivity index (χ0) is 24.1. The summed E-state index contributed by atoms with van der Waals surface area (Å²) in [6.07, 6.45) is 3.14. The minimum absolute atomic E-state index is 0.113. The first kappa shape index (κ1) is 24.1. The van der Waals surface area contributed by atoms with Gasteiger partial charge in [-0.05, 0) is 29.3 Å². The number of nitrogens with zero attached hydrogens (tertiary/aromatic N) is 3. The van der Waals surface area contributed by atoms with E-state index in [4.69, 9.17) is 16.3 Å². The van der Waals surface area contributed by atoms with Crippen LogP contribution in [0.3, 0.4) is 0 Å². The van der Waals surface area contributed by atoms with Crippen LogP contribution in [0, 0.1) is 0 Å². The molecule has 2 aromatic heterocycles. The summed E-state index contributed by atoms with van der Waals surface area (Å²) < 4.78 is 31.4. The SMILES string of the molecule is COc1ccc(Cl)c2sc(N(Cc3cccnc3)C(=O)CCS(=O)(=O)Cc3ccccc3)nc12. The van der Waals surface area contributed by atoms with Crippen molar-refractivity contribution in [2.45, 2.75) is 18.7 Å². The van der Waals surface area contributed by atoms with Crippen LogP contribution in [-0.4, -0.2) is 37.2 Å². The quantitative estimate of drug-likeness (QED) is 0.315. The molecule has 0 bridgehead atoms. The van der Waals surface area contributed by atoms with Gasteiger partial charge in [-0.15, -0.1) is 0 Å². The molecule has 0 unspecified atom stereocenters. The number of hydrogen-bond acceptors (Lipinski definition) is 7. The number of carbonyl (C=O) groups excluding carboxylic acids is 1. The van der Waals surface area contributed by atoms with Crippen molar-refractivity contribution in [2.24, 2.45) is 0 Å². The average molecular weight is 516 g/mol. The second-order valence-corrected chi connectivity index (χ2v) is 11.2. The predicted octanol–water partition coefficient (Wildman–Crippen LogP) is 4.89. The topological polar surface area (TPSA) is 89.5 Å². The van der Waals surface area contributed by atoms with E-state index in [2.05, 4.69) is 9.97 Å². The molecule has 2 aromatic carbocycles. The van der Waals surface area contributed by atoms with Gasteiger partial charge in [0.05, 0.1) is 34.9 Å². The lowest BCUT2D eigenvalue weighted by molar-refractivity contribution is -0.118. The van der Waals surface area contributed by atoms with Crippen molar-refractivity contribution >= 4 is 54.0 Å². The highest BCUT2D eigenvalue weighted by Crippen LogP contribution is 2.39. The van der Waals surface area contributed by atoms with Gasteiger partial charge in [-0.2, -0.15) is 0 Å². The maximum absolute atomic E-state index is 13.3. The van der Waals surface area contributed by atoms with Gasteiger partial charge in [0, 0.05) is 18.8 Å². The molecule has 0 aliphatic heterocycles. The molecule has 0 aliphatic carbocycles. The van der Waals surface area contributed by atoms with Crippen molar-refractivity contribution in [1.82, 2.24) is 9.97 Å². The van der Waals surface area contributed by atoms with Crippen LogP contribution in [0.4, 0.5) is 5.13 Å². The molecule has 0 fully saturated rings. The molecule has 0 radical (unpaired) electrons. The van der Waals surface area contributed by atoms with Crippen LogP contribution in [0.5, 0.6) is 5.75 Å². The smallest absolute Gasteiger partial charge is 0.230 e. The van der Waals surface area contributed by atoms with Crippen LogP contribution in [0.1, 0.15) is 17.5 Å². The van der Waals surface area contributed by atoms with Crippen molar-refractivity contribution < 1.29 is 17.9 Å². The van der Waals surface area contributed by atoms with Crippen molar-refractivity contribution in [1.29, 1.82) is 0 Å². The Bertz CT molecular complexity index is 1390. The number of fused-ring (bicyclic) bond motifs is 1. The van der Waals surface area contributed by atoms with Crippen molar-refractivity contribution in [2.75, 3.05) is 17.8 Å². The highest BCUT2D eigenvalue weighted by molar-refractivity contribution is 7.90. The fraction of sp³-hybridized carbons (Fsp3) is 0.208. The molecule has 0 saturated heterocycles. The molecule has 10 heteroatoms. The lowest BCUT2D eigenvalue weighted by atomic mass is 10.2. The Hall–Kier alpha value is -3.01. The summed E-state index contributed by atoms with van der Waals surface area (Å²) in [5, 5.41) is 0.912. The highest BCUT2D eigenvalue weighted by atomic mass is 35.5. The number of amides is 1. The molecule has 4 aromatic rings. The van der Waals surface area contributed by atoms with Gasteiger partial charge in [-0.25, -0.2) is 13.4 Å². The molecule has 0 N–H and O–H groups in total. The minimum Gasteiger partial charge on any atom is -0.494 e. The van der Waals surface area contributed by atoms with Crippen molar-refractivity contribution in [3.8, 4) is 5.75 Å². The van der Waals surface area contributed by atoms with E-state index in [9.17, 15) is 13.2 Å². The lowest BCUT2D eigenvalue weighted by Gasteiger charge is -2.20. The zero-order valence-corrected chi connectivity index (χ0v) is 20.7. The largest absolute Gasteiger partial charge is 0.494 e. The van der Waals surface area contributed by atoms with Crippen molar-refractivity contribution in [3.05, 3.63) is 83.1 Å². The fourth-order valence-corrected chi connectivity index (χ4v) is 6.04. The third-order valence-electron chi connectivity index (χ3n) is 5.12. The Morgan fingerprint density at radius 2 is 1.85 bits per heavy atom. The molecule has 7 nitrogen and oxygen atoms in total. The number of anilines is 1. The Labute approximate surface area is 206 Å². The van der Waals surface area contributed by atoms with Crippen LogP contribution in [0.2, 0.25) is 5.02 Å². The van der Waals surface area contributed by atoms with Gasteiger partial charge in [0.25, 0.3) is 0 Å². The van der Waals surface area contributed by atoms with Gasteiger partial charge in [0.2, 0.25) is 5.91 Å². The number of sulfone groups is 1. The number of rotatable bonds is 9. The molecule has 0 aliphatic rings. The summed E-state index contributed by atoms with van der Waals surface area (Å²) in [6.45, 7) is 0.200. The normalized spacial score (nSPS) is 11.5. The Kier molecular flexibility index (Phi) is 7.45. The summed E-state index contributed by atoms with van der Waals surface area (Å²) in [6, 6.07) is 16.0. The van der Waals surface area contributed by atoms with E-state index in [1.54, 1.807) is 54.9 Å². The number of thiazole rings is 1.